The van der Waals surface area contributed by atoms with E-state index in [0.717, 1.165) is 22.5 Å². The Kier molecular flexibility index (Phi) is 8.31. The van der Waals surface area contributed by atoms with Gasteiger partial charge >= 0.3 is 5.97 Å². The summed E-state index contributed by atoms with van der Waals surface area (Å²) < 4.78 is 24.2. The van der Waals surface area contributed by atoms with Crippen molar-refractivity contribution in [2.24, 2.45) is 4.99 Å². The third kappa shape index (κ3) is 5.61. The molecular formula is C31H29N3O8S. The van der Waals surface area contributed by atoms with Gasteiger partial charge in [0.05, 0.1) is 47.0 Å². The highest BCUT2D eigenvalue weighted by molar-refractivity contribution is 7.07. The van der Waals surface area contributed by atoms with Gasteiger partial charge in [-0.2, -0.15) is 0 Å². The van der Waals surface area contributed by atoms with Gasteiger partial charge in [0.1, 0.15) is 11.5 Å². The van der Waals surface area contributed by atoms with Crippen molar-refractivity contribution in [2.75, 3.05) is 20.3 Å². The number of nitrogens with zero attached hydrogens (tertiary/aromatic N) is 3. The van der Waals surface area contributed by atoms with E-state index in [9.17, 15) is 19.7 Å². The second-order valence-corrected chi connectivity index (χ2v) is 10.7. The molecule has 0 radical (unpaired) electrons. The zero-order chi connectivity index (χ0) is 30.8. The number of methoxy groups -OCH3 is 1. The maximum absolute atomic E-state index is 13.9. The lowest BCUT2D eigenvalue weighted by atomic mass is 9.97. The number of ether oxygens (including phenoxy) is 3. The number of esters is 1. The number of aromatic nitrogens is 1. The monoisotopic (exact) mass is 603 g/mol. The van der Waals surface area contributed by atoms with Gasteiger partial charge in [-0.25, -0.2) is 9.79 Å². The van der Waals surface area contributed by atoms with Crippen LogP contribution in [0, 0.1) is 24.0 Å². The summed E-state index contributed by atoms with van der Waals surface area (Å²) in [6, 6.07) is 10.9. The fourth-order valence-electron chi connectivity index (χ4n) is 4.84. The number of nitro groups is 1. The van der Waals surface area contributed by atoms with Crippen LogP contribution in [0.2, 0.25) is 0 Å². The molecule has 0 bridgehead atoms. The average Bonchev–Trinajstić information content (AvgIpc) is 3.58. The number of carbonyl (C=O) groups is 1. The van der Waals surface area contributed by atoms with Crippen molar-refractivity contribution in [3.63, 3.8) is 0 Å². The molecule has 0 amide bonds. The number of aryl methyl sites for hydroxylation is 2. The van der Waals surface area contributed by atoms with Crippen molar-refractivity contribution in [1.82, 2.24) is 4.57 Å². The number of carbonyl (C=O) groups excluding carboxylic acids is 1. The van der Waals surface area contributed by atoms with Crippen LogP contribution in [-0.4, -0.2) is 35.8 Å². The first-order valence-electron chi connectivity index (χ1n) is 13.5. The topological polar surface area (TPSA) is 135 Å². The number of rotatable bonds is 9. The maximum atomic E-state index is 13.9. The Bertz CT molecular complexity index is 1950. The first-order chi connectivity index (χ1) is 20.7. The van der Waals surface area contributed by atoms with Gasteiger partial charge < -0.3 is 18.6 Å². The summed E-state index contributed by atoms with van der Waals surface area (Å²) in [5.41, 5.74) is 2.34. The van der Waals surface area contributed by atoms with Crippen LogP contribution in [0.1, 0.15) is 42.3 Å². The number of furan rings is 1. The largest absolute Gasteiger partial charge is 0.490 e. The molecule has 1 aliphatic heterocycles. The maximum Gasteiger partial charge on any atom is 0.337 e. The summed E-state index contributed by atoms with van der Waals surface area (Å²) in [5.74, 6) is 1.03. The Balaban J connectivity index is 1.62. The molecule has 0 spiro atoms. The molecule has 11 nitrogen and oxygen atoms in total. The minimum absolute atomic E-state index is 0.0690. The number of nitro benzene ring substituents is 1. The minimum Gasteiger partial charge on any atom is -0.490 e. The quantitative estimate of drug-likeness (QED) is 0.154. The SMILES string of the molecule is CCOc1ccc([C@@H]2C(C(=O)OC)=CN=c3s/c(=C\c4ccc(-c5cc(C)c(C)cc5[N+](=O)[O-])o4)c(=O)n32)cc1OCC. The number of benzene rings is 2. The summed E-state index contributed by atoms with van der Waals surface area (Å²) in [6.07, 6.45) is 2.97. The van der Waals surface area contributed by atoms with Crippen LogP contribution < -0.4 is 24.4 Å². The van der Waals surface area contributed by atoms with E-state index >= 15 is 0 Å². The van der Waals surface area contributed by atoms with Gasteiger partial charge in [0, 0.05) is 18.3 Å². The zero-order valence-electron chi connectivity index (χ0n) is 24.2. The summed E-state index contributed by atoms with van der Waals surface area (Å²) in [4.78, 5) is 42.7. The van der Waals surface area contributed by atoms with Gasteiger partial charge in [-0.05, 0) is 74.7 Å². The number of hydrogen-bond acceptors (Lipinski definition) is 10. The predicted molar refractivity (Wildman–Crippen MR) is 160 cm³/mol. The summed E-state index contributed by atoms with van der Waals surface area (Å²) in [6.45, 7) is 8.22. The molecule has 0 saturated heterocycles. The minimum atomic E-state index is -0.842. The molecule has 12 heteroatoms. The van der Waals surface area contributed by atoms with Gasteiger partial charge in [0.2, 0.25) is 0 Å². The molecule has 4 aromatic rings. The molecule has 43 heavy (non-hydrogen) atoms. The molecule has 0 saturated carbocycles. The van der Waals surface area contributed by atoms with E-state index < -0.39 is 22.5 Å². The summed E-state index contributed by atoms with van der Waals surface area (Å²) >= 11 is 1.13. The molecule has 0 aliphatic carbocycles. The highest BCUT2D eigenvalue weighted by atomic mass is 32.1. The Hall–Kier alpha value is -4.97. The molecule has 1 atom stereocenters. The summed E-state index contributed by atoms with van der Waals surface area (Å²) in [7, 11) is 1.27. The van der Waals surface area contributed by atoms with Crippen molar-refractivity contribution >= 4 is 29.1 Å². The molecule has 222 valence electrons. The van der Waals surface area contributed by atoms with Crippen molar-refractivity contribution in [1.29, 1.82) is 0 Å². The van der Waals surface area contributed by atoms with Gasteiger partial charge in [-0.15, -0.1) is 0 Å². The normalized spacial score (nSPS) is 14.5. The molecule has 0 N–H and O–H groups in total. The average molecular weight is 604 g/mol. The first kappa shape index (κ1) is 29.5. The van der Waals surface area contributed by atoms with Crippen LogP contribution >= 0.6 is 11.3 Å². The highest BCUT2D eigenvalue weighted by Gasteiger charge is 2.31. The Morgan fingerprint density at radius 2 is 1.81 bits per heavy atom. The third-order valence-corrected chi connectivity index (χ3v) is 7.98. The predicted octanol–water partition coefficient (Wildman–Crippen LogP) is 4.60. The molecule has 1 aliphatic rings. The molecule has 5 rings (SSSR count). The fourth-order valence-corrected chi connectivity index (χ4v) is 5.79. The van der Waals surface area contributed by atoms with Crippen LogP contribution in [-0.2, 0) is 9.53 Å². The van der Waals surface area contributed by atoms with Crippen LogP contribution in [0.5, 0.6) is 11.5 Å². The number of hydrogen-bond donors (Lipinski definition) is 0. The van der Waals surface area contributed by atoms with Gasteiger partial charge in [0.25, 0.3) is 11.2 Å². The Labute approximate surface area is 250 Å². The van der Waals surface area contributed by atoms with E-state index in [-0.39, 0.29) is 11.3 Å². The lowest BCUT2D eigenvalue weighted by Crippen LogP contribution is -2.39. The van der Waals surface area contributed by atoms with Crippen molar-refractivity contribution in [2.45, 2.75) is 33.7 Å². The highest BCUT2D eigenvalue weighted by Crippen LogP contribution is 2.36. The third-order valence-electron chi connectivity index (χ3n) is 6.98. The van der Waals surface area contributed by atoms with Gasteiger partial charge in [-0.3, -0.25) is 19.5 Å². The summed E-state index contributed by atoms with van der Waals surface area (Å²) in [5, 5.41) is 11.7. The standard InChI is InChI=1S/C31H29N3O8S/c1-6-40-25-10-8-19(14-26(25)41-7-2)28-22(30(36)39-5)16-32-31-33(28)29(35)27(43-31)15-20-9-11-24(42-20)21-12-17(3)18(4)13-23(21)34(37)38/h8-16,28H,6-7H2,1-5H3/b27-15-/t28-/m1/s1. The number of thiazole rings is 1. The van der Waals surface area contributed by atoms with Gasteiger partial charge in [-0.1, -0.05) is 17.4 Å². The molecular weight excluding hydrogens is 574 g/mol. The van der Waals surface area contributed by atoms with E-state index in [0.29, 0.717) is 56.7 Å². The van der Waals surface area contributed by atoms with Crippen LogP contribution in [0.15, 0.2) is 68.4 Å². The molecule has 2 aromatic carbocycles. The zero-order valence-corrected chi connectivity index (χ0v) is 25.0. The van der Waals surface area contributed by atoms with Crippen LogP contribution in [0.4, 0.5) is 5.69 Å². The van der Waals surface area contributed by atoms with Gasteiger partial charge in [0.15, 0.2) is 16.3 Å². The van der Waals surface area contributed by atoms with E-state index in [2.05, 4.69) is 4.99 Å². The van der Waals surface area contributed by atoms with Crippen LogP contribution in [0.25, 0.3) is 17.4 Å². The molecule has 0 fully saturated rings. The Morgan fingerprint density at radius 3 is 2.51 bits per heavy atom. The second-order valence-electron chi connectivity index (χ2n) is 9.66. The van der Waals surface area contributed by atoms with E-state index in [1.807, 2.05) is 27.7 Å². The number of fused-ring (bicyclic) bond motifs is 1. The molecule has 0 unspecified atom stereocenters. The van der Waals surface area contributed by atoms with Crippen LogP contribution in [0.3, 0.4) is 0 Å². The molecule has 2 aromatic heterocycles. The first-order valence-corrected chi connectivity index (χ1v) is 14.3. The lowest BCUT2D eigenvalue weighted by Gasteiger charge is -2.23. The fraction of sp³-hybridized carbons (Fsp3) is 0.258. The lowest BCUT2D eigenvalue weighted by molar-refractivity contribution is -0.384. The smallest absolute Gasteiger partial charge is 0.337 e. The van der Waals surface area contributed by atoms with Crippen molar-refractivity contribution < 1.29 is 28.3 Å². The van der Waals surface area contributed by atoms with E-state index in [1.165, 1.54) is 23.9 Å². The van der Waals surface area contributed by atoms with E-state index in [1.54, 1.807) is 42.5 Å². The van der Waals surface area contributed by atoms with Crippen molar-refractivity contribution in [3.8, 4) is 22.8 Å². The second kappa shape index (κ2) is 12.1. The Morgan fingerprint density at radius 1 is 1.09 bits per heavy atom. The molecule has 3 heterocycles. The van der Waals surface area contributed by atoms with E-state index in [4.69, 9.17) is 18.6 Å². The van der Waals surface area contributed by atoms with Crippen molar-refractivity contribution in [3.05, 3.63) is 106 Å².